The van der Waals surface area contributed by atoms with Crippen molar-refractivity contribution in [2.24, 2.45) is 0 Å². The van der Waals surface area contributed by atoms with E-state index in [1.54, 1.807) is 0 Å². The number of carboxylic acid groups (broad SMARTS) is 1. The molecule has 0 unspecified atom stereocenters. The number of aryl methyl sites for hydroxylation is 1. The molecule has 1 saturated heterocycles. The topological polar surface area (TPSA) is 61.6 Å². The van der Waals surface area contributed by atoms with Crippen molar-refractivity contribution in [1.82, 2.24) is 14.7 Å². The average Bonchev–Trinajstić information content (AvgIpc) is 3.28. The van der Waals surface area contributed by atoms with Gasteiger partial charge >= 0.3 is 5.97 Å². The zero-order chi connectivity index (χ0) is 18.1. The second-order valence-corrected chi connectivity index (χ2v) is 7.54. The molecule has 6 heteroatoms. The molecule has 0 spiro atoms. The number of aromatic nitrogens is 2. The minimum atomic E-state index is -0.743. The highest BCUT2D eigenvalue weighted by Crippen LogP contribution is 2.34. The molecular formula is C20H28N4O2. The highest BCUT2D eigenvalue weighted by Gasteiger charge is 2.23. The van der Waals surface area contributed by atoms with E-state index in [1.165, 1.54) is 48.0 Å². The number of rotatable bonds is 5. The van der Waals surface area contributed by atoms with Crippen LogP contribution in [0, 0.1) is 0 Å². The number of carboxylic acids is 1. The molecule has 2 aromatic rings. The molecule has 26 heavy (non-hydrogen) atoms. The van der Waals surface area contributed by atoms with Crippen molar-refractivity contribution in [2.45, 2.75) is 45.1 Å². The third kappa shape index (κ3) is 3.30. The van der Waals surface area contributed by atoms with E-state index in [2.05, 4.69) is 34.7 Å². The number of piperazine rings is 1. The number of benzene rings is 1. The lowest BCUT2D eigenvalue weighted by atomic mass is 10.1. The maximum Gasteiger partial charge on any atom is 0.317 e. The Hall–Kier alpha value is -2.08. The maximum atomic E-state index is 10.9. The molecule has 1 aromatic carbocycles. The minimum absolute atomic E-state index is 0.140. The normalized spacial score (nSPS) is 19.5. The van der Waals surface area contributed by atoms with Crippen LogP contribution >= 0.6 is 0 Å². The number of aliphatic carboxylic acids is 1. The highest BCUT2D eigenvalue weighted by molar-refractivity contribution is 5.85. The Morgan fingerprint density at radius 1 is 1.19 bits per heavy atom. The van der Waals surface area contributed by atoms with Crippen molar-refractivity contribution in [1.29, 1.82) is 0 Å². The lowest BCUT2D eigenvalue weighted by Gasteiger charge is -2.35. The Balaban J connectivity index is 1.59. The van der Waals surface area contributed by atoms with Gasteiger partial charge < -0.3 is 10.0 Å². The minimum Gasteiger partial charge on any atom is -0.480 e. The molecule has 1 N–H and O–H groups in total. The average molecular weight is 356 g/mol. The van der Waals surface area contributed by atoms with Crippen LogP contribution in [0.3, 0.4) is 0 Å². The van der Waals surface area contributed by atoms with Crippen LogP contribution in [-0.2, 0) is 11.2 Å². The van der Waals surface area contributed by atoms with E-state index < -0.39 is 5.97 Å². The zero-order valence-corrected chi connectivity index (χ0v) is 15.5. The van der Waals surface area contributed by atoms with Crippen LogP contribution in [0.15, 0.2) is 18.2 Å². The van der Waals surface area contributed by atoms with Gasteiger partial charge in [0, 0.05) is 37.3 Å². The molecule has 0 radical (unpaired) electrons. The lowest BCUT2D eigenvalue weighted by molar-refractivity contribution is -0.138. The van der Waals surface area contributed by atoms with Gasteiger partial charge in [0.2, 0.25) is 0 Å². The van der Waals surface area contributed by atoms with Crippen LogP contribution in [0.25, 0.3) is 10.9 Å². The van der Waals surface area contributed by atoms with Gasteiger partial charge in [-0.15, -0.1) is 0 Å². The van der Waals surface area contributed by atoms with Crippen molar-refractivity contribution >= 4 is 22.6 Å². The fourth-order valence-corrected chi connectivity index (χ4v) is 4.43. The van der Waals surface area contributed by atoms with Gasteiger partial charge in [0.15, 0.2) is 0 Å². The fraction of sp³-hybridized carbons (Fsp3) is 0.600. The van der Waals surface area contributed by atoms with Gasteiger partial charge in [0.1, 0.15) is 0 Å². The number of fused-ring (bicyclic) bond motifs is 1. The standard InChI is InChI=1S/C20H28N4O2/c1-2-18-17-8-7-16(23-11-9-22(10-12-23)14-20(25)26)13-19(17)24(21-18)15-5-3-4-6-15/h7-8,13,15H,2-6,9-12,14H2,1H3,(H,25,26). The monoisotopic (exact) mass is 356 g/mol. The molecule has 0 bridgehead atoms. The number of hydrogen-bond donors (Lipinski definition) is 1. The summed E-state index contributed by atoms with van der Waals surface area (Å²) < 4.78 is 2.28. The van der Waals surface area contributed by atoms with Crippen molar-refractivity contribution in [3.8, 4) is 0 Å². The third-order valence-electron chi connectivity index (χ3n) is 5.87. The summed E-state index contributed by atoms with van der Waals surface area (Å²) >= 11 is 0. The molecule has 4 rings (SSSR count). The van der Waals surface area contributed by atoms with Gasteiger partial charge in [-0.05, 0) is 37.5 Å². The SMILES string of the molecule is CCc1nn(C2CCCC2)c2cc(N3CCN(CC(=O)O)CC3)ccc12. The summed E-state index contributed by atoms with van der Waals surface area (Å²) in [6.45, 7) is 5.66. The molecular weight excluding hydrogens is 328 g/mol. The summed E-state index contributed by atoms with van der Waals surface area (Å²) in [5.41, 5.74) is 3.69. The summed E-state index contributed by atoms with van der Waals surface area (Å²) in [6.07, 6.45) is 6.04. The van der Waals surface area contributed by atoms with Crippen LogP contribution in [-0.4, -0.2) is 58.5 Å². The van der Waals surface area contributed by atoms with Gasteiger partial charge in [0.05, 0.1) is 23.8 Å². The largest absolute Gasteiger partial charge is 0.480 e. The molecule has 1 aliphatic heterocycles. The molecule has 2 fully saturated rings. The van der Waals surface area contributed by atoms with E-state index in [9.17, 15) is 4.79 Å². The first-order valence-electron chi connectivity index (χ1n) is 9.86. The Morgan fingerprint density at radius 3 is 2.58 bits per heavy atom. The Kier molecular flexibility index (Phi) is 4.85. The summed E-state index contributed by atoms with van der Waals surface area (Å²) in [6, 6.07) is 7.27. The number of hydrogen-bond acceptors (Lipinski definition) is 4. The third-order valence-corrected chi connectivity index (χ3v) is 5.87. The Morgan fingerprint density at radius 2 is 1.92 bits per heavy atom. The Labute approximate surface area is 154 Å². The Bertz CT molecular complexity index is 786. The fourth-order valence-electron chi connectivity index (χ4n) is 4.43. The van der Waals surface area contributed by atoms with Crippen LogP contribution in [0.4, 0.5) is 5.69 Å². The number of anilines is 1. The summed E-state index contributed by atoms with van der Waals surface area (Å²) in [7, 11) is 0. The molecule has 0 amide bonds. The van der Waals surface area contributed by atoms with E-state index in [4.69, 9.17) is 10.2 Å². The molecule has 6 nitrogen and oxygen atoms in total. The molecule has 1 aromatic heterocycles. The first-order chi connectivity index (χ1) is 12.7. The molecule has 1 saturated carbocycles. The summed E-state index contributed by atoms with van der Waals surface area (Å²) in [5, 5.41) is 15.2. The second-order valence-electron chi connectivity index (χ2n) is 7.54. The molecule has 2 aliphatic rings. The van der Waals surface area contributed by atoms with Crippen molar-refractivity contribution in [3.63, 3.8) is 0 Å². The van der Waals surface area contributed by atoms with Gasteiger partial charge in [-0.2, -0.15) is 5.10 Å². The van der Waals surface area contributed by atoms with Crippen molar-refractivity contribution in [2.75, 3.05) is 37.6 Å². The maximum absolute atomic E-state index is 10.9. The first kappa shape index (κ1) is 17.3. The van der Waals surface area contributed by atoms with E-state index in [-0.39, 0.29) is 6.54 Å². The van der Waals surface area contributed by atoms with Gasteiger partial charge in [-0.3, -0.25) is 14.4 Å². The van der Waals surface area contributed by atoms with Crippen molar-refractivity contribution < 1.29 is 9.90 Å². The number of carbonyl (C=O) groups is 1. The van der Waals surface area contributed by atoms with Crippen LogP contribution < -0.4 is 4.90 Å². The van der Waals surface area contributed by atoms with Gasteiger partial charge in [-0.25, -0.2) is 0 Å². The molecule has 2 heterocycles. The molecule has 140 valence electrons. The highest BCUT2D eigenvalue weighted by atomic mass is 16.4. The van der Waals surface area contributed by atoms with Crippen LogP contribution in [0.1, 0.15) is 44.3 Å². The first-order valence-corrected chi connectivity index (χ1v) is 9.86. The quantitative estimate of drug-likeness (QED) is 0.892. The van der Waals surface area contributed by atoms with E-state index in [0.717, 1.165) is 32.6 Å². The summed E-state index contributed by atoms with van der Waals surface area (Å²) in [5.74, 6) is -0.743. The predicted molar refractivity (Wildman–Crippen MR) is 103 cm³/mol. The second kappa shape index (κ2) is 7.27. The lowest BCUT2D eigenvalue weighted by Crippen LogP contribution is -2.47. The predicted octanol–water partition coefficient (Wildman–Crippen LogP) is 2.92. The van der Waals surface area contributed by atoms with Crippen LogP contribution in [0.2, 0.25) is 0 Å². The van der Waals surface area contributed by atoms with Gasteiger partial charge in [-0.1, -0.05) is 19.8 Å². The summed E-state index contributed by atoms with van der Waals surface area (Å²) in [4.78, 5) is 15.3. The molecule has 0 atom stereocenters. The number of nitrogens with zero attached hydrogens (tertiary/aromatic N) is 4. The molecule has 1 aliphatic carbocycles. The van der Waals surface area contributed by atoms with E-state index >= 15 is 0 Å². The smallest absolute Gasteiger partial charge is 0.317 e. The van der Waals surface area contributed by atoms with Gasteiger partial charge in [0.25, 0.3) is 0 Å². The van der Waals surface area contributed by atoms with E-state index in [1.807, 2.05) is 4.90 Å². The zero-order valence-electron chi connectivity index (χ0n) is 15.5. The van der Waals surface area contributed by atoms with E-state index in [0.29, 0.717) is 6.04 Å². The van der Waals surface area contributed by atoms with Crippen molar-refractivity contribution in [3.05, 3.63) is 23.9 Å². The van der Waals surface area contributed by atoms with Crippen LogP contribution in [0.5, 0.6) is 0 Å².